The van der Waals surface area contributed by atoms with Crippen molar-refractivity contribution in [1.82, 2.24) is 0 Å². The van der Waals surface area contributed by atoms with Gasteiger partial charge >= 0.3 is 21.7 Å². The topological polar surface area (TPSA) is 146 Å². The molecule has 0 bridgehead atoms. The van der Waals surface area contributed by atoms with Crippen molar-refractivity contribution in [2.24, 2.45) is 0 Å². The number of unbranched alkanes of at least 4 members (excludes halogenated alkanes) is 18. The van der Waals surface area contributed by atoms with Crippen LogP contribution in [0.1, 0.15) is 179 Å². The van der Waals surface area contributed by atoms with Gasteiger partial charge in [-0.1, -0.05) is 180 Å². The summed E-state index contributed by atoms with van der Waals surface area (Å²) in [5.41, 5.74) is 8.86. The fraction of sp³-hybridized carbons (Fsp3) is 0.600. The predicted molar refractivity (Wildman–Crippen MR) is 230 cm³/mol. The average Bonchev–Trinajstić information content (AvgIpc) is 3.17. The summed E-state index contributed by atoms with van der Waals surface area (Å²) < 4.78 is 66.0. The van der Waals surface area contributed by atoms with Gasteiger partial charge < -0.3 is 19.4 Å². The maximum absolute atomic E-state index is 11.1. The molecule has 11 heteroatoms. The van der Waals surface area contributed by atoms with Crippen LogP contribution in [0.25, 0.3) is 0 Å². The zero-order chi connectivity index (χ0) is 40.7. The smallest absolute Gasteiger partial charge is 0.768 e. The van der Waals surface area contributed by atoms with E-state index in [1.807, 2.05) is 38.1 Å². The van der Waals surface area contributed by atoms with Gasteiger partial charge in [0.15, 0.2) is 0 Å². The van der Waals surface area contributed by atoms with Crippen molar-refractivity contribution in [3.05, 3.63) is 83.4 Å². The van der Waals surface area contributed by atoms with E-state index in [0.717, 1.165) is 42.4 Å². The van der Waals surface area contributed by atoms with Crippen molar-refractivity contribution in [1.29, 1.82) is 0 Å². The van der Waals surface area contributed by atoms with E-state index in [1.54, 1.807) is 36.4 Å². The Hall–Kier alpha value is -1.50. The molecule has 3 unspecified atom stereocenters. The van der Waals surface area contributed by atoms with Crippen molar-refractivity contribution in [3.63, 3.8) is 0 Å². The van der Waals surface area contributed by atoms with Crippen LogP contribution in [-0.4, -0.2) is 26.3 Å². The Bertz CT molecular complexity index is 1430. The Labute approximate surface area is 363 Å². The first-order chi connectivity index (χ1) is 26.5. The second kappa shape index (κ2) is 35.4. The van der Waals surface area contributed by atoms with Crippen LogP contribution in [-0.2, 0) is 67.8 Å². The van der Waals surface area contributed by atoms with Crippen molar-refractivity contribution < 1.29 is 48.0 Å². The van der Waals surface area contributed by atoms with E-state index in [9.17, 15) is 26.3 Å². The molecule has 0 aliphatic rings. The van der Waals surface area contributed by atoms with Gasteiger partial charge in [0, 0.05) is 20.4 Å². The van der Waals surface area contributed by atoms with E-state index < -0.39 is 33.2 Å². The Morgan fingerprint density at radius 1 is 0.482 bits per heavy atom. The van der Waals surface area contributed by atoms with Gasteiger partial charge in [0.1, 0.15) is 0 Å². The first-order valence-electron chi connectivity index (χ1n) is 20.9. The zero-order valence-electron chi connectivity index (χ0n) is 34.7. The molecule has 0 saturated heterocycles. The van der Waals surface area contributed by atoms with Crippen molar-refractivity contribution >= 4 is 38.9 Å². The van der Waals surface area contributed by atoms with E-state index >= 15 is 0 Å². The SMILES string of the molecule is CC(C)c1cc(N)ccc1S(=O)[O-].CCCCCCCCCCCCc1ccccc1S(=O)[O-].CCCCCCCCCCCCc1ccccc1S(=O)[O-].[Ti+3]. The molecule has 7 nitrogen and oxygen atoms in total. The summed E-state index contributed by atoms with van der Waals surface area (Å²) in [6, 6.07) is 19.5. The van der Waals surface area contributed by atoms with Gasteiger partial charge in [0.25, 0.3) is 0 Å². The molecule has 0 aromatic heterocycles. The van der Waals surface area contributed by atoms with Crippen LogP contribution in [0.5, 0.6) is 0 Å². The van der Waals surface area contributed by atoms with Crippen molar-refractivity contribution in [3.8, 4) is 0 Å². The molecule has 0 spiro atoms. The monoisotopic (exact) mass is 864 g/mol. The van der Waals surface area contributed by atoms with Gasteiger partial charge in [-0.2, -0.15) is 0 Å². The molecule has 3 atom stereocenters. The third-order valence-corrected chi connectivity index (χ3v) is 12.0. The molecule has 0 amide bonds. The summed E-state index contributed by atoms with van der Waals surface area (Å²) in [5.74, 6) is 0.163. The van der Waals surface area contributed by atoms with E-state index in [0.29, 0.717) is 20.4 Å². The Kier molecular flexibility index (Phi) is 34.5. The summed E-state index contributed by atoms with van der Waals surface area (Å²) in [4.78, 5) is 1.27. The quantitative estimate of drug-likeness (QED) is 0.0366. The second-order valence-electron chi connectivity index (χ2n) is 14.7. The first kappa shape index (κ1) is 54.5. The summed E-state index contributed by atoms with van der Waals surface area (Å²) in [7, 11) is 0. The van der Waals surface area contributed by atoms with Crippen molar-refractivity contribution in [2.45, 2.75) is 190 Å². The number of rotatable bonds is 26. The molecule has 0 saturated carbocycles. The minimum absolute atomic E-state index is 0. The molecular formula is C45H70NO6S3Ti. The van der Waals surface area contributed by atoms with Gasteiger partial charge in [-0.25, -0.2) is 0 Å². The van der Waals surface area contributed by atoms with E-state index in [2.05, 4.69) is 13.8 Å². The number of hydrogen-bond acceptors (Lipinski definition) is 7. The Balaban J connectivity index is 0.000000826. The predicted octanol–water partition coefficient (Wildman–Crippen LogP) is 12.4. The molecule has 0 aliphatic heterocycles. The minimum atomic E-state index is -2.17. The minimum Gasteiger partial charge on any atom is -0.768 e. The van der Waals surface area contributed by atoms with E-state index in [1.165, 1.54) is 122 Å². The normalized spacial score (nSPS) is 12.4. The average molecular weight is 865 g/mol. The summed E-state index contributed by atoms with van der Waals surface area (Å²) in [6.07, 6.45) is 27.9. The molecule has 56 heavy (non-hydrogen) atoms. The van der Waals surface area contributed by atoms with Crippen LogP contribution in [0.15, 0.2) is 81.4 Å². The molecule has 3 aromatic rings. The molecule has 0 aliphatic carbocycles. The van der Waals surface area contributed by atoms with Gasteiger partial charge in [0.2, 0.25) is 0 Å². The molecule has 313 valence electrons. The van der Waals surface area contributed by atoms with Gasteiger partial charge in [-0.15, -0.1) is 0 Å². The standard InChI is InChI=1S/2C18H30O2S.C9H13NO2S.Ti/c2*1-2-3-4-5-6-7-8-9-10-11-14-17-15-12-13-16-18(17)21(19)20;1-6(2)8-5-7(10)3-4-9(8)13(11)12;/h2*12-13,15-16H,2-11,14H2,1H3,(H,19,20);3-6H,10H2,1-2H3,(H,11,12);/q;;;+3/p-3. The maximum atomic E-state index is 11.1. The molecule has 3 aromatic carbocycles. The number of nitrogen functional groups attached to an aromatic ring is 1. The third-order valence-electron chi connectivity index (χ3n) is 9.74. The largest absolute Gasteiger partial charge is 3.00 e. The molecule has 0 fully saturated rings. The van der Waals surface area contributed by atoms with Crippen LogP contribution in [0.4, 0.5) is 5.69 Å². The number of hydrogen-bond donors (Lipinski definition) is 1. The van der Waals surface area contributed by atoms with Crippen LogP contribution in [0.2, 0.25) is 0 Å². The van der Waals surface area contributed by atoms with Gasteiger partial charge in [-0.05, 0) is 112 Å². The molecular weight excluding hydrogens is 795 g/mol. The summed E-state index contributed by atoms with van der Waals surface area (Å²) in [6.45, 7) is 8.37. The molecule has 0 heterocycles. The Morgan fingerprint density at radius 3 is 1.12 bits per heavy atom. The molecule has 2 N–H and O–H groups in total. The number of benzene rings is 3. The fourth-order valence-corrected chi connectivity index (χ4v) is 8.34. The molecule has 1 radical (unpaired) electrons. The second-order valence-corrected chi connectivity index (χ2v) is 17.5. The summed E-state index contributed by atoms with van der Waals surface area (Å²) >= 11 is -6.39. The number of nitrogens with two attached hydrogens (primary N) is 1. The van der Waals surface area contributed by atoms with Crippen LogP contribution >= 0.6 is 0 Å². The van der Waals surface area contributed by atoms with Gasteiger partial charge in [0.05, 0.1) is 0 Å². The first-order valence-corrected chi connectivity index (χ1v) is 24.1. The zero-order valence-corrected chi connectivity index (χ0v) is 38.7. The Morgan fingerprint density at radius 2 is 0.804 bits per heavy atom. The van der Waals surface area contributed by atoms with E-state index in [-0.39, 0.29) is 27.6 Å². The number of aryl methyl sites for hydroxylation is 2. The van der Waals surface area contributed by atoms with Crippen LogP contribution in [0, 0.1) is 0 Å². The maximum Gasteiger partial charge on any atom is 3.00 e. The van der Waals surface area contributed by atoms with E-state index in [4.69, 9.17) is 5.73 Å². The van der Waals surface area contributed by atoms with Crippen molar-refractivity contribution in [2.75, 3.05) is 5.73 Å². The number of anilines is 1. The summed E-state index contributed by atoms with van der Waals surface area (Å²) in [5, 5.41) is 0. The fourth-order valence-electron chi connectivity index (χ4n) is 6.52. The molecule has 3 rings (SSSR count). The van der Waals surface area contributed by atoms with Gasteiger partial charge in [-0.3, -0.25) is 12.6 Å². The van der Waals surface area contributed by atoms with Crippen LogP contribution in [0.3, 0.4) is 0 Å². The third kappa shape index (κ3) is 25.8. The van der Waals surface area contributed by atoms with Crippen LogP contribution < -0.4 is 5.73 Å².